The SMILES string of the molecule is Cc1nn(C)c2nc(-c3cccc([N+](=O)[O-])c3)cc(C(=O)NNC(=S)NC[C@@H]3CCCO3)c12. The molecule has 0 spiro atoms. The Labute approximate surface area is 194 Å². The second kappa shape index (κ2) is 9.46. The normalized spacial score (nSPS) is 15.4. The molecule has 0 radical (unpaired) electrons. The first-order valence-corrected chi connectivity index (χ1v) is 10.8. The third kappa shape index (κ3) is 4.91. The molecule has 1 amide bonds. The van der Waals surface area contributed by atoms with E-state index in [0.717, 1.165) is 19.4 Å². The number of nitrogens with zero attached hydrogens (tertiary/aromatic N) is 4. The molecule has 0 bridgehead atoms. The van der Waals surface area contributed by atoms with Gasteiger partial charge in [-0.2, -0.15) is 5.10 Å². The fraction of sp³-hybridized carbons (Fsp3) is 0.333. The maximum absolute atomic E-state index is 13.1. The van der Waals surface area contributed by atoms with Gasteiger partial charge in [-0.05, 0) is 38.0 Å². The minimum absolute atomic E-state index is 0.0640. The lowest BCUT2D eigenvalue weighted by Crippen LogP contribution is -2.48. The highest BCUT2D eigenvalue weighted by molar-refractivity contribution is 7.80. The number of hydrogen-bond acceptors (Lipinski definition) is 7. The molecule has 3 aromatic rings. The van der Waals surface area contributed by atoms with Crippen LogP contribution in [0.4, 0.5) is 5.69 Å². The minimum atomic E-state index is -0.474. The van der Waals surface area contributed by atoms with Gasteiger partial charge < -0.3 is 10.1 Å². The molecule has 11 nitrogen and oxygen atoms in total. The van der Waals surface area contributed by atoms with Crippen LogP contribution in [-0.4, -0.2) is 50.0 Å². The number of hydrogen-bond donors (Lipinski definition) is 3. The highest BCUT2D eigenvalue weighted by Crippen LogP contribution is 2.28. The second-order valence-electron chi connectivity index (χ2n) is 7.69. The highest BCUT2D eigenvalue weighted by Gasteiger charge is 2.21. The maximum atomic E-state index is 13.1. The van der Waals surface area contributed by atoms with E-state index in [4.69, 9.17) is 17.0 Å². The summed E-state index contributed by atoms with van der Waals surface area (Å²) < 4.78 is 7.12. The summed E-state index contributed by atoms with van der Waals surface area (Å²) in [4.78, 5) is 28.4. The Morgan fingerprint density at radius 2 is 2.18 bits per heavy atom. The van der Waals surface area contributed by atoms with Crippen LogP contribution >= 0.6 is 12.2 Å². The number of pyridine rings is 1. The number of aromatic nitrogens is 3. The smallest absolute Gasteiger partial charge is 0.270 e. The predicted molar refractivity (Wildman–Crippen MR) is 126 cm³/mol. The Bertz CT molecular complexity index is 1240. The van der Waals surface area contributed by atoms with Gasteiger partial charge in [0, 0.05) is 37.9 Å². The first-order chi connectivity index (χ1) is 15.8. The van der Waals surface area contributed by atoms with Gasteiger partial charge in [-0.15, -0.1) is 0 Å². The molecular weight excluding hydrogens is 446 g/mol. The van der Waals surface area contributed by atoms with Crippen molar-refractivity contribution in [2.45, 2.75) is 25.9 Å². The van der Waals surface area contributed by atoms with Gasteiger partial charge in [-0.1, -0.05) is 12.1 Å². The van der Waals surface area contributed by atoms with Crippen LogP contribution in [0.2, 0.25) is 0 Å². The number of amides is 1. The van der Waals surface area contributed by atoms with Crippen molar-refractivity contribution in [1.82, 2.24) is 30.9 Å². The van der Waals surface area contributed by atoms with Crippen LogP contribution in [0.3, 0.4) is 0 Å². The quantitative estimate of drug-likeness (QED) is 0.292. The Morgan fingerprint density at radius 1 is 1.36 bits per heavy atom. The van der Waals surface area contributed by atoms with Crippen LogP contribution in [0.5, 0.6) is 0 Å². The van der Waals surface area contributed by atoms with Crippen LogP contribution in [0.15, 0.2) is 30.3 Å². The molecule has 3 heterocycles. The van der Waals surface area contributed by atoms with E-state index in [1.165, 1.54) is 12.1 Å². The molecule has 0 saturated carbocycles. The van der Waals surface area contributed by atoms with E-state index in [-0.39, 0.29) is 16.9 Å². The van der Waals surface area contributed by atoms with Crippen molar-refractivity contribution < 1.29 is 14.5 Å². The van der Waals surface area contributed by atoms with Crippen LogP contribution in [0.1, 0.15) is 28.9 Å². The van der Waals surface area contributed by atoms with Gasteiger partial charge in [0.2, 0.25) is 0 Å². The van der Waals surface area contributed by atoms with E-state index in [0.29, 0.717) is 40.1 Å². The lowest BCUT2D eigenvalue weighted by molar-refractivity contribution is -0.384. The van der Waals surface area contributed by atoms with Crippen molar-refractivity contribution in [2.24, 2.45) is 7.05 Å². The van der Waals surface area contributed by atoms with Crippen molar-refractivity contribution in [3.8, 4) is 11.3 Å². The average Bonchev–Trinajstić information content (AvgIpc) is 3.43. The zero-order valence-corrected chi connectivity index (χ0v) is 18.9. The molecule has 1 atom stereocenters. The summed E-state index contributed by atoms with van der Waals surface area (Å²) in [5, 5.41) is 19.4. The molecule has 3 N–H and O–H groups in total. The summed E-state index contributed by atoms with van der Waals surface area (Å²) in [6, 6.07) is 7.69. The van der Waals surface area contributed by atoms with Crippen molar-refractivity contribution in [2.75, 3.05) is 13.2 Å². The van der Waals surface area contributed by atoms with Crippen molar-refractivity contribution >= 4 is 40.0 Å². The number of hydrazine groups is 1. The molecule has 33 heavy (non-hydrogen) atoms. The molecule has 1 fully saturated rings. The van der Waals surface area contributed by atoms with Crippen molar-refractivity contribution in [1.29, 1.82) is 0 Å². The van der Waals surface area contributed by atoms with Gasteiger partial charge in [0.1, 0.15) is 0 Å². The molecule has 4 rings (SSSR count). The molecule has 1 aliphatic heterocycles. The van der Waals surface area contributed by atoms with Crippen molar-refractivity contribution in [3.63, 3.8) is 0 Å². The van der Waals surface area contributed by atoms with Crippen LogP contribution in [-0.2, 0) is 11.8 Å². The second-order valence-corrected chi connectivity index (χ2v) is 8.10. The number of nitro benzene ring substituents is 1. The lowest BCUT2D eigenvalue weighted by Gasteiger charge is -2.15. The molecule has 0 aliphatic carbocycles. The van der Waals surface area contributed by atoms with Gasteiger partial charge in [0.25, 0.3) is 11.6 Å². The lowest BCUT2D eigenvalue weighted by atomic mass is 10.0. The molecule has 2 aromatic heterocycles. The molecule has 12 heteroatoms. The molecular formula is C21H23N7O4S. The molecule has 1 saturated heterocycles. The zero-order valence-electron chi connectivity index (χ0n) is 18.1. The monoisotopic (exact) mass is 469 g/mol. The van der Waals surface area contributed by atoms with Gasteiger partial charge >= 0.3 is 0 Å². The number of non-ortho nitro benzene ring substituents is 1. The van der Waals surface area contributed by atoms with Crippen molar-refractivity contribution in [3.05, 3.63) is 51.7 Å². The minimum Gasteiger partial charge on any atom is -0.376 e. The zero-order chi connectivity index (χ0) is 23.5. The molecule has 0 unspecified atom stereocenters. The van der Waals surface area contributed by atoms with Gasteiger partial charge in [-0.3, -0.25) is 30.4 Å². The third-order valence-electron chi connectivity index (χ3n) is 5.37. The summed E-state index contributed by atoms with van der Waals surface area (Å²) in [7, 11) is 1.73. The number of ether oxygens (including phenoxy) is 1. The number of rotatable bonds is 5. The van der Waals surface area contributed by atoms with E-state index in [9.17, 15) is 14.9 Å². The van der Waals surface area contributed by atoms with E-state index in [1.807, 2.05) is 0 Å². The Morgan fingerprint density at radius 3 is 2.91 bits per heavy atom. The number of aryl methyl sites for hydroxylation is 2. The van der Waals surface area contributed by atoms with E-state index in [1.54, 1.807) is 36.9 Å². The summed E-state index contributed by atoms with van der Waals surface area (Å²) in [6.07, 6.45) is 2.10. The van der Waals surface area contributed by atoms with E-state index < -0.39 is 10.8 Å². The summed E-state index contributed by atoms with van der Waals surface area (Å²) in [6.45, 7) is 3.09. The summed E-state index contributed by atoms with van der Waals surface area (Å²) in [5.41, 5.74) is 7.62. The fourth-order valence-electron chi connectivity index (χ4n) is 3.79. The van der Waals surface area contributed by atoms with Gasteiger partial charge in [0.15, 0.2) is 10.8 Å². The number of benzene rings is 1. The standard InChI is InChI=1S/C21H23N7O4S/c1-12-18-16(20(29)24-25-21(33)22-11-15-7-4-8-32-15)10-17(23-19(18)27(2)26-12)13-5-3-6-14(9-13)28(30)31/h3,5-6,9-10,15H,4,7-8,11H2,1-2H3,(H,24,29)(H2,22,25,33)/t15-/m0/s1. The van der Waals surface area contributed by atoms with Gasteiger partial charge in [-0.25, -0.2) is 4.98 Å². The van der Waals surface area contributed by atoms with E-state index >= 15 is 0 Å². The number of carbonyl (C=O) groups is 1. The molecule has 1 aliphatic rings. The average molecular weight is 470 g/mol. The number of thiocarbonyl (C=S) groups is 1. The summed E-state index contributed by atoms with van der Waals surface area (Å²) in [5.74, 6) is -0.438. The first kappa shape index (κ1) is 22.6. The maximum Gasteiger partial charge on any atom is 0.270 e. The third-order valence-corrected chi connectivity index (χ3v) is 5.62. The first-order valence-electron chi connectivity index (χ1n) is 10.4. The number of fused-ring (bicyclic) bond motifs is 1. The number of carbonyl (C=O) groups excluding carboxylic acids is 1. The van der Waals surface area contributed by atoms with Crippen LogP contribution < -0.4 is 16.2 Å². The number of nitrogens with one attached hydrogen (secondary N) is 3. The van der Waals surface area contributed by atoms with E-state index in [2.05, 4.69) is 26.3 Å². The summed E-state index contributed by atoms with van der Waals surface area (Å²) >= 11 is 5.24. The predicted octanol–water partition coefficient (Wildman–Crippen LogP) is 2.14. The fourth-order valence-corrected chi connectivity index (χ4v) is 3.92. The molecule has 1 aromatic carbocycles. The Balaban J connectivity index is 1.59. The largest absolute Gasteiger partial charge is 0.376 e. The van der Waals surface area contributed by atoms with Crippen LogP contribution in [0.25, 0.3) is 22.3 Å². The topological polar surface area (TPSA) is 136 Å². The van der Waals surface area contributed by atoms with Gasteiger partial charge in [0.05, 0.1) is 33.4 Å². The molecule has 172 valence electrons. The Kier molecular flexibility index (Phi) is 6.47. The number of nitro groups is 1. The highest BCUT2D eigenvalue weighted by atomic mass is 32.1. The Hall–Kier alpha value is -3.64. The van der Waals surface area contributed by atoms with Crippen LogP contribution in [0, 0.1) is 17.0 Å².